The van der Waals surface area contributed by atoms with Gasteiger partial charge in [-0.3, -0.25) is 4.79 Å². The summed E-state index contributed by atoms with van der Waals surface area (Å²) in [4.78, 5) is 13.4. The summed E-state index contributed by atoms with van der Waals surface area (Å²) in [7, 11) is 0. The second kappa shape index (κ2) is 8.54. The van der Waals surface area contributed by atoms with Gasteiger partial charge in [0.1, 0.15) is 18.5 Å². The Morgan fingerprint density at radius 3 is 2.64 bits per heavy atom. The van der Waals surface area contributed by atoms with Gasteiger partial charge in [0.25, 0.3) is 0 Å². The molecular formula is C27H28N2O4. The summed E-state index contributed by atoms with van der Waals surface area (Å²) in [5.41, 5.74) is 12.0. The fourth-order valence-electron chi connectivity index (χ4n) is 4.39. The number of fused-ring (bicyclic) bond motifs is 2. The molecule has 170 valence electrons. The molecule has 0 bridgehead atoms. The third kappa shape index (κ3) is 4.58. The van der Waals surface area contributed by atoms with Crippen molar-refractivity contribution in [2.45, 2.75) is 38.6 Å². The molecule has 2 aliphatic rings. The van der Waals surface area contributed by atoms with Gasteiger partial charge in [0.2, 0.25) is 0 Å². The molecule has 6 heteroatoms. The van der Waals surface area contributed by atoms with Crippen molar-refractivity contribution in [3.05, 3.63) is 82.9 Å². The van der Waals surface area contributed by atoms with E-state index in [4.69, 9.17) is 19.9 Å². The van der Waals surface area contributed by atoms with Crippen LogP contribution < -0.4 is 15.8 Å². The van der Waals surface area contributed by atoms with Crippen LogP contribution in [0.2, 0.25) is 0 Å². The molecule has 3 aromatic rings. The number of hydrogen-bond acceptors (Lipinski definition) is 6. The highest BCUT2D eigenvalue weighted by Gasteiger charge is 2.33. The number of rotatable bonds is 5. The predicted molar refractivity (Wildman–Crippen MR) is 128 cm³/mol. The van der Waals surface area contributed by atoms with E-state index in [1.165, 1.54) is 0 Å². The zero-order valence-corrected chi connectivity index (χ0v) is 18.9. The third-order valence-corrected chi connectivity index (χ3v) is 6.08. The van der Waals surface area contributed by atoms with Crippen LogP contribution in [-0.2, 0) is 22.3 Å². The highest BCUT2D eigenvalue weighted by molar-refractivity contribution is 6.11. The minimum absolute atomic E-state index is 0.0234. The lowest BCUT2D eigenvalue weighted by Crippen LogP contribution is -2.25. The number of aryl methyl sites for hydroxylation is 2. The zero-order chi connectivity index (χ0) is 23.0. The minimum Gasteiger partial charge on any atom is -0.491 e. The highest BCUT2D eigenvalue weighted by Crippen LogP contribution is 2.31. The lowest BCUT2D eigenvalue weighted by Gasteiger charge is -2.17. The molecule has 0 saturated carbocycles. The number of para-hydroxylation sites is 2. The summed E-state index contributed by atoms with van der Waals surface area (Å²) in [6.07, 6.45) is 1.45. The third-order valence-electron chi connectivity index (χ3n) is 6.08. The molecule has 0 spiro atoms. The lowest BCUT2D eigenvalue weighted by molar-refractivity contribution is -0.141. The van der Waals surface area contributed by atoms with E-state index in [-0.39, 0.29) is 11.9 Å². The van der Waals surface area contributed by atoms with E-state index in [0.717, 1.165) is 40.9 Å². The van der Waals surface area contributed by atoms with Crippen molar-refractivity contribution >= 4 is 22.8 Å². The van der Waals surface area contributed by atoms with E-state index < -0.39 is 5.79 Å². The summed E-state index contributed by atoms with van der Waals surface area (Å²) in [6, 6.07) is 19.3. The summed E-state index contributed by atoms with van der Waals surface area (Å²) in [6.45, 7) is 4.66. The van der Waals surface area contributed by atoms with Crippen LogP contribution in [0.3, 0.4) is 0 Å². The molecule has 3 N–H and O–H groups in total. The number of nitrogen functional groups attached to an aromatic ring is 1. The smallest absolute Gasteiger partial charge is 0.193 e. The Morgan fingerprint density at radius 1 is 1.03 bits per heavy atom. The first-order valence-corrected chi connectivity index (χ1v) is 11.2. The van der Waals surface area contributed by atoms with E-state index in [9.17, 15) is 4.79 Å². The molecule has 0 unspecified atom stereocenters. The van der Waals surface area contributed by atoms with Crippen LogP contribution in [-0.4, -0.2) is 30.9 Å². The maximum atomic E-state index is 13.4. The van der Waals surface area contributed by atoms with Crippen molar-refractivity contribution in [2.24, 2.45) is 0 Å². The number of hydrogen-bond donors (Lipinski definition) is 2. The van der Waals surface area contributed by atoms with Gasteiger partial charge in [0.05, 0.1) is 18.0 Å². The van der Waals surface area contributed by atoms with Gasteiger partial charge in [-0.25, -0.2) is 0 Å². The quantitative estimate of drug-likeness (QED) is 0.546. The monoisotopic (exact) mass is 444 g/mol. The molecule has 0 amide bonds. The second-order valence-electron chi connectivity index (χ2n) is 8.99. The average Bonchev–Trinajstić information content (AvgIpc) is 3.09. The normalized spacial score (nSPS) is 18.8. The van der Waals surface area contributed by atoms with Gasteiger partial charge in [-0.2, -0.15) is 0 Å². The molecule has 1 saturated heterocycles. The molecule has 1 heterocycles. The number of nitrogens with one attached hydrogen (secondary N) is 1. The van der Waals surface area contributed by atoms with Crippen molar-refractivity contribution in [1.82, 2.24) is 0 Å². The number of carbonyl (C=O) groups excluding carboxylic acids is 1. The minimum atomic E-state index is -0.582. The van der Waals surface area contributed by atoms with Crippen LogP contribution in [0.15, 0.2) is 60.7 Å². The van der Waals surface area contributed by atoms with Crippen LogP contribution in [0.5, 0.6) is 5.75 Å². The Hall–Kier alpha value is -3.35. The van der Waals surface area contributed by atoms with Gasteiger partial charge in [-0.15, -0.1) is 0 Å². The first-order valence-electron chi connectivity index (χ1n) is 11.2. The molecule has 1 fully saturated rings. The molecule has 1 aliphatic carbocycles. The van der Waals surface area contributed by atoms with Gasteiger partial charge < -0.3 is 25.3 Å². The van der Waals surface area contributed by atoms with Gasteiger partial charge >= 0.3 is 0 Å². The van der Waals surface area contributed by atoms with E-state index >= 15 is 0 Å². The molecule has 0 radical (unpaired) electrons. The standard InChI is InChI=1S/C27H28N2O4/c1-27(2)32-16-21(33-27)15-31-20-11-9-17-7-8-18-13-19(29-25-6-4-3-5-24(25)28)10-12-22(18)26(30)23(17)14-20/h3-6,9-14,21,29H,7-8,15-16,28H2,1-2H3/t21-/m0/s1. The summed E-state index contributed by atoms with van der Waals surface area (Å²) < 4.78 is 17.3. The average molecular weight is 445 g/mol. The Bertz CT molecular complexity index is 1200. The molecule has 1 atom stereocenters. The zero-order valence-electron chi connectivity index (χ0n) is 18.9. The Labute approximate surface area is 193 Å². The SMILES string of the molecule is CC1(C)OC[C@H](COc2ccc3c(c2)C(=O)c2ccc(Nc4ccccc4N)cc2CC3)O1. The van der Waals surface area contributed by atoms with Crippen LogP contribution in [0, 0.1) is 0 Å². The number of benzene rings is 3. The fraction of sp³-hybridized carbons (Fsp3) is 0.296. The fourth-order valence-corrected chi connectivity index (χ4v) is 4.39. The van der Waals surface area contributed by atoms with Gasteiger partial charge in [0.15, 0.2) is 11.6 Å². The number of ketones is 1. The molecule has 5 rings (SSSR count). The first kappa shape index (κ1) is 21.5. The van der Waals surface area contributed by atoms with Gasteiger partial charge in [-0.05, 0) is 80.3 Å². The molecular weight excluding hydrogens is 416 g/mol. The van der Waals surface area contributed by atoms with Crippen LogP contribution in [0.25, 0.3) is 0 Å². The maximum Gasteiger partial charge on any atom is 0.193 e. The van der Waals surface area contributed by atoms with Crippen LogP contribution in [0.1, 0.15) is 40.9 Å². The van der Waals surface area contributed by atoms with E-state index in [2.05, 4.69) is 5.32 Å². The van der Waals surface area contributed by atoms with Crippen LogP contribution in [0.4, 0.5) is 17.1 Å². The van der Waals surface area contributed by atoms with Crippen molar-refractivity contribution in [1.29, 1.82) is 0 Å². The van der Waals surface area contributed by atoms with Crippen molar-refractivity contribution in [2.75, 3.05) is 24.3 Å². The van der Waals surface area contributed by atoms with Crippen molar-refractivity contribution in [3.8, 4) is 5.75 Å². The Morgan fingerprint density at radius 2 is 1.85 bits per heavy atom. The van der Waals surface area contributed by atoms with Gasteiger partial charge in [-0.1, -0.05) is 18.2 Å². The predicted octanol–water partition coefficient (Wildman–Crippen LogP) is 4.87. The first-order chi connectivity index (χ1) is 15.9. The maximum absolute atomic E-state index is 13.4. The number of ether oxygens (including phenoxy) is 3. The van der Waals surface area contributed by atoms with Crippen LogP contribution >= 0.6 is 0 Å². The van der Waals surface area contributed by atoms with E-state index in [1.807, 2.05) is 74.5 Å². The van der Waals surface area contributed by atoms with Crippen molar-refractivity contribution in [3.63, 3.8) is 0 Å². The summed E-state index contributed by atoms with van der Waals surface area (Å²) >= 11 is 0. The lowest BCUT2D eigenvalue weighted by atomic mass is 9.98. The van der Waals surface area contributed by atoms with E-state index in [0.29, 0.717) is 30.2 Å². The molecule has 0 aromatic heterocycles. The Balaban J connectivity index is 1.34. The molecule has 3 aromatic carbocycles. The second-order valence-corrected chi connectivity index (χ2v) is 8.99. The molecule has 6 nitrogen and oxygen atoms in total. The number of nitrogens with two attached hydrogens (primary N) is 1. The topological polar surface area (TPSA) is 82.8 Å². The highest BCUT2D eigenvalue weighted by atomic mass is 16.7. The van der Waals surface area contributed by atoms with Crippen molar-refractivity contribution < 1.29 is 19.0 Å². The summed E-state index contributed by atoms with van der Waals surface area (Å²) in [5, 5.41) is 3.36. The number of carbonyl (C=O) groups is 1. The number of anilines is 3. The summed E-state index contributed by atoms with van der Waals surface area (Å²) in [5.74, 6) is 0.105. The molecule has 33 heavy (non-hydrogen) atoms. The largest absolute Gasteiger partial charge is 0.491 e. The molecule has 1 aliphatic heterocycles. The van der Waals surface area contributed by atoms with Gasteiger partial charge in [0, 0.05) is 16.8 Å². The van der Waals surface area contributed by atoms with E-state index in [1.54, 1.807) is 0 Å². The Kier molecular flexibility index (Phi) is 5.56.